The minimum atomic E-state index is -0.367. The van der Waals surface area contributed by atoms with Gasteiger partial charge >= 0.3 is 0 Å². The molecule has 3 aromatic rings. The number of rotatable bonds is 5. The van der Waals surface area contributed by atoms with Gasteiger partial charge in [-0.05, 0) is 43.5 Å². The summed E-state index contributed by atoms with van der Waals surface area (Å²) in [5.74, 6) is -0.510. The molecule has 1 aliphatic heterocycles. The second-order valence-corrected chi connectivity index (χ2v) is 6.85. The molecule has 2 N–H and O–H groups in total. The Balaban J connectivity index is 1.59. The van der Waals surface area contributed by atoms with Crippen molar-refractivity contribution >= 4 is 23.0 Å². The third kappa shape index (κ3) is 3.61. The number of nitrogens with one attached hydrogen (secondary N) is 2. The number of fused-ring (bicyclic) bond motifs is 1. The van der Waals surface area contributed by atoms with Crippen LogP contribution < -0.4 is 10.6 Å². The average molecular weight is 378 g/mol. The Morgan fingerprint density at radius 2 is 2.00 bits per heavy atom. The predicted molar refractivity (Wildman–Crippen MR) is 106 cm³/mol. The van der Waals surface area contributed by atoms with E-state index in [0.29, 0.717) is 17.7 Å². The second-order valence-electron chi connectivity index (χ2n) is 6.85. The van der Waals surface area contributed by atoms with Crippen LogP contribution in [0.25, 0.3) is 5.52 Å². The number of benzene rings is 1. The van der Waals surface area contributed by atoms with Crippen molar-refractivity contribution in [2.45, 2.75) is 25.9 Å². The average Bonchev–Trinajstić information content (AvgIpc) is 3.36. The van der Waals surface area contributed by atoms with Gasteiger partial charge in [0.1, 0.15) is 0 Å². The van der Waals surface area contributed by atoms with Crippen molar-refractivity contribution in [1.29, 1.82) is 0 Å². The Kier molecular flexibility index (Phi) is 5.08. The minimum absolute atomic E-state index is 0.0432. The molecule has 2 aromatic heterocycles. The van der Waals surface area contributed by atoms with E-state index >= 15 is 0 Å². The molecule has 0 radical (unpaired) electrons. The lowest BCUT2D eigenvalue weighted by atomic mass is 10.2. The first-order valence-corrected chi connectivity index (χ1v) is 9.37. The van der Waals surface area contributed by atoms with Gasteiger partial charge in [0.25, 0.3) is 11.8 Å². The van der Waals surface area contributed by atoms with Gasteiger partial charge in [0.2, 0.25) is 5.82 Å². The molecule has 1 unspecified atom stereocenters. The summed E-state index contributed by atoms with van der Waals surface area (Å²) in [6.45, 7) is 3.09. The van der Waals surface area contributed by atoms with Gasteiger partial charge in [-0.1, -0.05) is 24.3 Å². The maximum absolute atomic E-state index is 12.8. The maximum Gasteiger partial charge on any atom is 0.292 e. The number of hydrogen-bond acceptors (Lipinski definition) is 4. The molecule has 0 saturated carbocycles. The van der Waals surface area contributed by atoms with Crippen molar-refractivity contribution in [2.75, 3.05) is 18.5 Å². The van der Waals surface area contributed by atoms with Crippen LogP contribution in [0.3, 0.4) is 0 Å². The molecule has 2 amide bonds. The molecule has 4 rings (SSSR count). The van der Waals surface area contributed by atoms with Crippen molar-refractivity contribution in [3.05, 3.63) is 65.7 Å². The number of ether oxygens (including phenoxy) is 1. The van der Waals surface area contributed by atoms with E-state index in [9.17, 15) is 9.59 Å². The molecular formula is C21H22N4O3. The lowest BCUT2D eigenvalue weighted by Gasteiger charge is -2.09. The van der Waals surface area contributed by atoms with E-state index in [1.807, 2.05) is 37.3 Å². The maximum atomic E-state index is 12.8. The number of pyridine rings is 1. The van der Waals surface area contributed by atoms with Crippen molar-refractivity contribution < 1.29 is 14.3 Å². The summed E-state index contributed by atoms with van der Waals surface area (Å²) in [5.41, 5.74) is 2.48. The highest BCUT2D eigenvalue weighted by atomic mass is 16.5. The Hall–Kier alpha value is -3.19. The van der Waals surface area contributed by atoms with Crippen molar-refractivity contribution in [2.24, 2.45) is 0 Å². The molecule has 1 atom stereocenters. The van der Waals surface area contributed by atoms with Gasteiger partial charge in [-0.2, -0.15) is 0 Å². The van der Waals surface area contributed by atoms with E-state index in [1.54, 1.807) is 22.7 Å². The highest BCUT2D eigenvalue weighted by Gasteiger charge is 2.23. The normalized spacial score (nSPS) is 16.2. The Morgan fingerprint density at radius 3 is 2.79 bits per heavy atom. The molecule has 7 nitrogen and oxygen atoms in total. The Bertz CT molecular complexity index is 1020. The number of hydrogen-bond donors (Lipinski definition) is 2. The predicted octanol–water partition coefficient (Wildman–Crippen LogP) is 2.80. The van der Waals surface area contributed by atoms with Gasteiger partial charge in [0.15, 0.2) is 5.69 Å². The fraction of sp³-hybridized carbons (Fsp3) is 0.286. The monoisotopic (exact) mass is 378 g/mol. The lowest BCUT2D eigenvalue weighted by molar-refractivity contribution is 0.0855. The zero-order chi connectivity index (χ0) is 19.5. The molecule has 0 spiro atoms. The summed E-state index contributed by atoms with van der Waals surface area (Å²) in [7, 11) is 0. The van der Waals surface area contributed by atoms with Crippen LogP contribution in [0.15, 0.2) is 48.7 Å². The first-order valence-electron chi connectivity index (χ1n) is 9.37. The van der Waals surface area contributed by atoms with Gasteiger partial charge in [-0.15, -0.1) is 0 Å². The van der Waals surface area contributed by atoms with Gasteiger partial charge in [-0.25, -0.2) is 4.98 Å². The first-order chi connectivity index (χ1) is 13.6. The zero-order valence-corrected chi connectivity index (χ0v) is 15.6. The number of amides is 2. The smallest absolute Gasteiger partial charge is 0.292 e. The number of anilines is 1. The van der Waals surface area contributed by atoms with E-state index in [4.69, 9.17) is 4.74 Å². The third-order valence-electron chi connectivity index (χ3n) is 4.87. The van der Waals surface area contributed by atoms with Crippen molar-refractivity contribution in [3.63, 3.8) is 0 Å². The standard InChI is InChI=1S/C21H22N4O3/c1-14-7-2-3-9-16(14)23-21(27)19-24-18(17-10-4-5-11-25(17)19)20(26)22-13-15-8-6-12-28-15/h2-5,7,9-11,15H,6,8,12-13H2,1H3,(H,22,26)(H,23,27). The summed E-state index contributed by atoms with van der Waals surface area (Å²) < 4.78 is 7.18. The molecule has 1 aliphatic rings. The number of aryl methyl sites for hydroxylation is 1. The molecular weight excluding hydrogens is 356 g/mol. The Labute approximate surface area is 162 Å². The Morgan fingerprint density at radius 1 is 1.18 bits per heavy atom. The molecule has 144 valence electrons. The fourth-order valence-electron chi connectivity index (χ4n) is 3.35. The zero-order valence-electron chi connectivity index (χ0n) is 15.6. The van der Waals surface area contributed by atoms with Crippen LogP contribution in [0.4, 0.5) is 5.69 Å². The van der Waals surface area contributed by atoms with E-state index in [-0.39, 0.29) is 29.4 Å². The highest BCUT2D eigenvalue weighted by molar-refractivity contribution is 6.06. The highest BCUT2D eigenvalue weighted by Crippen LogP contribution is 2.18. The number of carbonyl (C=O) groups excluding carboxylic acids is 2. The molecule has 0 bridgehead atoms. The number of nitrogens with zero attached hydrogens (tertiary/aromatic N) is 2. The largest absolute Gasteiger partial charge is 0.376 e. The van der Waals surface area contributed by atoms with Gasteiger partial charge < -0.3 is 15.4 Å². The van der Waals surface area contributed by atoms with Crippen LogP contribution in [0.1, 0.15) is 39.5 Å². The molecule has 3 heterocycles. The van der Waals surface area contributed by atoms with E-state index < -0.39 is 0 Å². The molecule has 1 saturated heterocycles. The van der Waals surface area contributed by atoms with E-state index in [1.165, 1.54) is 0 Å². The number of para-hydroxylation sites is 1. The number of imidazole rings is 1. The third-order valence-corrected chi connectivity index (χ3v) is 4.87. The number of carbonyl (C=O) groups is 2. The van der Waals surface area contributed by atoms with Gasteiger partial charge in [0.05, 0.1) is 11.6 Å². The summed E-state index contributed by atoms with van der Waals surface area (Å²) in [5, 5.41) is 5.75. The van der Waals surface area contributed by atoms with Crippen molar-refractivity contribution in [3.8, 4) is 0 Å². The van der Waals surface area contributed by atoms with E-state index in [0.717, 1.165) is 25.0 Å². The summed E-state index contributed by atoms with van der Waals surface area (Å²) >= 11 is 0. The fourth-order valence-corrected chi connectivity index (χ4v) is 3.35. The van der Waals surface area contributed by atoms with Gasteiger partial charge in [0, 0.05) is 25.0 Å². The molecule has 1 fully saturated rings. The van der Waals surface area contributed by atoms with Crippen molar-refractivity contribution in [1.82, 2.24) is 14.7 Å². The molecule has 28 heavy (non-hydrogen) atoms. The molecule has 7 heteroatoms. The lowest BCUT2D eigenvalue weighted by Crippen LogP contribution is -2.32. The topological polar surface area (TPSA) is 84.7 Å². The van der Waals surface area contributed by atoms with Crippen LogP contribution in [-0.4, -0.2) is 40.5 Å². The van der Waals surface area contributed by atoms with Gasteiger partial charge in [-0.3, -0.25) is 14.0 Å². The molecule has 1 aromatic carbocycles. The second kappa shape index (κ2) is 7.82. The van der Waals surface area contributed by atoms with Crippen LogP contribution in [-0.2, 0) is 4.74 Å². The minimum Gasteiger partial charge on any atom is -0.376 e. The summed E-state index contributed by atoms with van der Waals surface area (Å²) in [6, 6.07) is 12.9. The number of aromatic nitrogens is 2. The summed E-state index contributed by atoms with van der Waals surface area (Å²) in [4.78, 5) is 29.9. The quantitative estimate of drug-likeness (QED) is 0.715. The van der Waals surface area contributed by atoms with Crippen LogP contribution >= 0.6 is 0 Å². The van der Waals surface area contributed by atoms with E-state index in [2.05, 4.69) is 15.6 Å². The SMILES string of the molecule is Cc1ccccc1NC(=O)c1nc(C(=O)NCC2CCCO2)c2ccccn12. The van der Waals surface area contributed by atoms with Crippen LogP contribution in [0, 0.1) is 6.92 Å². The van der Waals surface area contributed by atoms with Crippen LogP contribution in [0.5, 0.6) is 0 Å². The van der Waals surface area contributed by atoms with Crippen LogP contribution in [0.2, 0.25) is 0 Å². The first kappa shape index (κ1) is 18.2. The summed E-state index contributed by atoms with van der Waals surface area (Å²) in [6.07, 6.45) is 3.72. The molecule has 0 aliphatic carbocycles.